The van der Waals surface area contributed by atoms with Crippen LogP contribution in [0.1, 0.15) is 17.5 Å². The highest BCUT2D eigenvalue weighted by Crippen LogP contribution is 2.32. The zero-order valence-electron chi connectivity index (χ0n) is 7.51. The van der Waals surface area contributed by atoms with E-state index < -0.39 is 0 Å². The molecule has 0 saturated carbocycles. The summed E-state index contributed by atoms with van der Waals surface area (Å²) >= 11 is 6.06. The largest absolute Gasteiger partial charge is 0.491 e. The molecule has 0 aliphatic carbocycles. The minimum Gasteiger partial charge on any atom is -0.491 e. The molecule has 2 rings (SSSR count). The number of aryl methyl sites for hydroxylation is 1. The van der Waals surface area contributed by atoms with Crippen LogP contribution in [0, 0.1) is 6.92 Å². The van der Waals surface area contributed by atoms with Crippen LogP contribution in [0.15, 0.2) is 18.2 Å². The van der Waals surface area contributed by atoms with E-state index in [1.807, 2.05) is 13.0 Å². The average Bonchev–Trinajstić information content (AvgIpc) is 2.28. The van der Waals surface area contributed by atoms with E-state index in [-0.39, 0.29) is 0 Å². The van der Waals surface area contributed by atoms with E-state index in [4.69, 9.17) is 16.3 Å². The highest BCUT2D eigenvalue weighted by Gasteiger charge is 2.09. The predicted octanol–water partition coefficient (Wildman–Crippen LogP) is 3.44. The first-order valence-corrected chi connectivity index (χ1v) is 4.74. The molecule has 0 atom stereocenters. The molecular weight excluding hydrogens is 184 g/mol. The zero-order valence-corrected chi connectivity index (χ0v) is 8.27. The lowest BCUT2D eigenvalue weighted by Crippen LogP contribution is -1.96. The lowest BCUT2D eigenvalue weighted by atomic mass is 10.1. The van der Waals surface area contributed by atoms with Crippen LogP contribution in [0.3, 0.4) is 0 Å². The molecule has 2 heteroatoms. The van der Waals surface area contributed by atoms with Crippen molar-refractivity contribution in [2.45, 2.75) is 13.3 Å². The maximum absolute atomic E-state index is 6.06. The second-order valence-corrected chi connectivity index (χ2v) is 3.61. The number of hydrogen-bond donors (Lipinski definition) is 0. The summed E-state index contributed by atoms with van der Waals surface area (Å²) in [5.74, 6) is 0.820. The molecule has 0 radical (unpaired) electrons. The Kier molecular flexibility index (Phi) is 2.28. The predicted molar refractivity (Wildman–Crippen MR) is 55.3 cm³/mol. The van der Waals surface area contributed by atoms with Gasteiger partial charge in [0.05, 0.1) is 11.6 Å². The summed E-state index contributed by atoms with van der Waals surface area (Å²) in [6.07, 6.45) is 5.13. The molecule has 1 aromatic carbocycles. The molecule has 0 amide bonds. The van der Waals surface area contributed by atoms with E-state index in [1.54, 1.807) is 0 Å². The first-order valence-electron chi connectivity index (χ1n) is 4.37. The van der Waals surface area contributed by atoms with Gasteiger partial charge >= 0.3 is 0 Å². The molecule has 0 spiro atoms. The summed E-state index contributed by atoms with van der Waals surface area (Å²) in [6.45, 7) is 2.75. The highest BCUT2D eigenvalue weighted by molar-refractivity contribution is 6.32. The third-order valence-electron chi connectivity index (χ3n) is 2.04. The molecule has 1 aromatic rings. The standard InChI is InChI=1S/C11H11ClO/c1-8-6-9-4-2-3-5-13-11(9)10(12)7-8/h2,4,6-7H,3,5H2,1H3. The van der Waals surface area contributed by atoms with Crippen molar-refractivity contribution >= 4 is 17.7 Å². The van der Waals surface area contributed by atoms with E-state index >= 15 is 0 Å². The van der Waals surface area contributed by atoms with E-state index in [0.29, 0.717) is 11.6 Å². The monoisotopic (exact) mass is 194 g/mol. The second-order valence-electron chi connectivity index (χ2n) is 3.20. The Bertz CT molecular complexity index is 355. The fourth-order valence-corrected chi connectivity index (χ4v) is 1.81. The number of rotatable bonds is 0. The van der Waals surface area contributed by atoms with Gasteiger partial charge in [0.1, 0.15) is 5.75 Å². The van der Waals surface area contributed by atoms with Gasteiger partial charge in [0, 0.05) is 5.56 Å². The number of halogens is 1. The fraction of sp³-hybridized carbons (Fsp3) is 0.273. The van der Waals surface area contributed by atoms with Gasteiger partial charge in [0.15, 0.2) is 0 Å². The normalized spacial score (nSPS) is 14.6. The Labute approximate surface area is 83.0 Å². The van der Waals surface area contributed by atoms with Crippen molar-refractivity contribution in [3.05, 3.63) is 34.4 Å². The Hall–Kier alpha value is -0.950. The maximum Gasteiger partial charge on any atom is 0.145 e. The molecule has 0 aromatic heterocycles. The van der Waals surface area contributed by atoms with E-state index in [2.05, 4.69) is 18.2 Å². The highest BCUT2D eigenvalue weighted by atomic mass is 35.5. The van der Waals surface area contributed by atoms with E-state index in [0.717, 1.165) is 17.7 Å². The zero-order chi connectivity index (χ0) is 9.26. The van der Waals surface area contributed by atoms with Gasteiger partial charge in [-0.25, -0.2) is 0 Å². The van der Waals surface area contributed by atoms with Crippen molar-refractivity contribution in [3.63, 3.8) is 0 Å². The SMILES string of the molecule is Cc1cc(Cl)c2c(c1)C=CCCO2. The average molecular weight is 195 g/mol. The number of hydrogen-bond acceptors (Lipinski definition) is 1. The molecule has 1 aliphatic rings. The fourth-order valence-electron chi connectivity index (χ4n) is 1.47. The van der Waals surface area contributed by atoms with Crippen molar-refractivity contribution < 1.29 is 4.74 Å². The summed E-state index contributed by atoms with van der Waals surface area (Å²) in [5, 5.41) is 0.710. The van der Waals surface area contributed by atoms with Crippen LogP contribution in [0.5, 0.6) is 5.75 Å². The lowest BCUT2D eigenvalue weighted by Gasteiger charge is -2.09. The first kappa shape index (κ1) is 8.64. The number of ether oxygens (including phenoxy) is 1. The van der Waals surface area contributed by atoms with Crippen molar-refractivity contribution in [1.29, 1.82) is 0 Å². The van der Waals surface area contributed by atoms with Crippen LogP contribution in [0.25, 0.3) is 6.08 Å². The van der Waals surface area contributed by atoms with Crippen LogP contribution >= 0.6 is 11.6 Å². The third-order valence-corrected chi connectivity index (χ3v) is 2.33. The van der Waals surface area contributed by atoms with Crippen LogP contribution in [-0.4, -0.2) is 6.61 Å². The second kappa shape index (κ2) is 3.43. The van der Waals surface area contributed by atoms with Crippen molar-refractivity contribution in [2.24, 2.45) is 0 Å². The van der Waals surface area contributed by atoms with Crippen molar-refractivity contribution in [1.82, 2.24) is 0 Å². The molecule has 0 N–H and O–H groups in total. The molecule has 68 valence electrons. The van der Waals surface area contributed by atoms with Crippen LogP contribution in [0.4, 0.5) is 0 Å². The Morgan fingerprint density at radius 2 is 2.23 bits per heavy atom. The van der Waals surface area contributed by atoms with E-state index in [1.165, 1.54) is 5.56 Å². The topological polar surface area (TPSA) is 9.23 Å². The summed E-state index contributed by atoms with van der Waals surface area (Å²) in [7, 11) is 0. The van der Waals surface area contributed by atoms with Gasteiger partial charge in [-0.15, -0.1) is 0 Å². The van der Waals surface area contributed by atoms with Gasteiger partial charge in [-0.05, 0) is 31.0 Å². The third kappa shape index (κ3) is 1.70. The summed E-state index contributed by atoms with van der Waals surface area (Å²) in [5.41, 5.74) is 2.25. The quantitative estimate of drug-likeness (QED) is 0.615. The van der Waals surface area contributed by atoms with Crippen LogP contribution < -0.4 is 4.74 Å². The number of fused-ring (bicyclic) bond motifs is 1. The smallest absolute Gasteiger partial charge is 0.145 e. The van der Waals surface area contributed by atoms with Gasteiger partial charge in [-0.2, -0.15) is 0 Å². The molecular formula is C11H11ClO. The van der Waals surface area contributed by atoms with Crippen LogP contribution in [0.2, 0.25) is 5.02 Å². The Morgan fingerprint density at radius 3 is 3.08 bits per heavy atom. The molecule has 0 bridgehead atoms. The molecule has 1 heterocycles. The minimum atomic E-state index is 0.710. The molecule has 0 saturated heterocycles. The van der Waals surface area contributed by atoms with Gasteiger partial charge < -0.3 is 4.74 Å². The Morgan fingerprint density at radius 1 is 1.38 bits per heavy atom. The van der Waals surface area contributed by atoms with Crippen LogP contribution in [-0.2, 0) is 0 Å². The lowest BCUT2D eigenvalue weighted by molar-refractivity contribution is 0.327. The summed E-state index contributed by atoms with van der Waals surface area (Å²) in [6, 6.07) is 4.02. The molecule has 1 aliphatic heterocycles. The summed E-state index contributed by atoms with van der Waals surface area (Å²) < 4.78 is 5.54. The minimum absolute atomic E-state index is 0.710. The molecule has 1 nitrogen and oxygen atoms in total. The maximum atomic E-state index is 6.06. The number of benzene rings is 1. The molecule has 13 heavy (non-hydrogen) atoms. The van der Waals surface area contributed by atoms with Gasteiger partial charge in [0.2, 0.25) is 0 Å². The summed E-state index contributed by atoms with van der Waals surface area (Å²) in [4.78, 5) is 0. The van der Waals surface area contributed by atoms with Crippen molar-refractivity contribution in [3.8, 4) is 5.75 Å². The molecule has 0 unspecified atom stereocenters. The van der Waals surface area contributed by atoms with Gasteiger partial charge in [-0.3, -0.25) is 0 Å². The van der Waals surface area contributed by atoms with Gasteiger partial charge in [-0.1, -0.05) is 23.8 Å². The van der Waals surface area contributed by atoms with Gasteiger partial charge in [0.25, 0.3) is 0 Å². The first-order chi connectivity index (χ1) is 6.27. The van der Waals surface area contributed by atoms with E-state index in [9.17, 15) is 0 Å². The molecule has 0 fully saturated rings. The Balaban J connectivity index is 2.56. The van der Waals surface area contributed by atoms with Crippen molar-refractivity contribution in [2.75, 3.05) is 6.61 Å².